The highest BCUT2D eigenvalue weighted by molar-refractivity contribution is 7.98. The van der Waals surface area contributed by atoms with Crippen molar-refractivity contribution >= 4 is 28.6 Å². The summed E-state index contributed by atoms with van der Waals surface area (Å²) in [4.78, 5) is 13.2. The van der Waals surface area contributed by atoms with Crippen LogP contribution in [0.4, 0.5) is 5.82 Å². The van der Waals surface area contributed by atoms with Gasteiger partial charge in [0.1, 0.15) is 5.82 Å². The van der Waals surface area contributed by atoms with E-state index in [0.717, 1.165) is 16.2 Å². The van der Waals surface area contributed by atoms with Crippen molar-refractivity contribution in [3.05, 3.63) is 24.4 Å². The van der Waals surface area contributed by atoms with Gasteiger partial charge in [0.15, 0.2) is 16.6 Å². The van der Waals surface area contributed by atoms with Crippen LogP contribution in [-0.2, 0) is 19.8 Å². The van der Waals surface area contributed by atoms with Gasteiger partial charge in [-0.1, -0.05) is 11.8 Å². The number of nitrogens with zero attached hydrogens (tertiary/aromatic N) is 6. The Morgan fingerprint density at radius 2 is 2.20 bits per heavy atom. The second kappa shape index (κ2) is 5.10. The van der Waals surface area contributed by atoms with Crippen LogP contribution >= 0.6 is 11.8 Å². The molecule has 0 aliphatic heterocycles. The lowest BCUT2D eigenvalue weighted by Gasteiger charge is -2.05. The van der Waals surface area contributed by atoms with Gasteiger partial charge in [0.05, 0.1) is 17.3 Å². The molecule has 0 aliphatic rings. The summed E-state index contributed by atoms with van der Waals surface area (Å²) in [5.41, 5.74) is 3.35. The first-order chi connectivity index (χ1) is 9.69. The van der Waals surface area contributed by atoms with Crippen LogP contribution in [0, 0.1) is 0 Å². The maximum Gasteiger partial charge on any atom is 0.168 e. The molecule has 3 rings (SSSR count). The van der Waals surface area contributed by atoms with E-state index in [1.54, 1.807) is 28.8 Å². The van der Waals surface area contributed by atoms with E-state index < -0.39 is 0 Å². The number of nitrogen functional groups attached to an aromatic ring is 1. The Morgan fingerprint density at radius 3 is 2.90 bits per heavy atom. The first kappa shape index (κ1) is 12.9. The minimum atomic E-state index is 0.582. The Morgan fingerprint density at radius 1 is 1.35 bits per heavy atom. The molecule has 0 aliphatic carbocycles. The first-order valence-corrected chi connectivity index (χ1v) is 6.93. The van der Waals surface area contributed by atoms with Crippen molar-refractivity contribution in [1.82, 2.24) is 29.3 Å². The Kier molecular flexibility index (Phi) is 3.28. The number of hydrogen-bond donors (Lipinski definition) is 2. The SMILES string of the molecule is Cn1ccnc1SCc1nc(NN)c2cnn(C)c2n1. The van der Waals surface area contributed by atoms with Crippen molar-refractivity contribution in [1.29, 1.82) is 0 Å². The smallest absolute Gasteiger partial charge is 0.168 e. The molecule has 0 aromatic carbocycles. The number of fused-ring (bicyclic) bond motifs is 1. The molecule has 0 atom stereocenters. The maximum absolute atomic E-state index is 5.51. The first-order valence-electron chi connectivity index (χ1n) is 5.94. The summed E-state index contributed by atoms with van der Waals surface area (Å²) < 4.78 is 3.65. The molecule has 104 valence electrons. The third-order valence-electron chi connectivity index (χ3n) is 2.88. The van der Waals surface area contributed by atoms with Gasteiger partial charge in [-0.25, -0.2) is 20.8 Å². The van der Waals surface area contributed by atoms with E-state index >= 15 is 0 Å². The van der Waals surface area contributed by atoms with E-state index in [1.165, 1.54) is 0 Å². The quantitative estimate of drug-likeness (QED) is 0.414. The second-order valence-corrected chi connectivity index (χ2v) is 5.19. The zero-order chi connectivity index (χ0) is 14.1. The largest absolute Gasteiger partial charge is 0.329 e. The third kappa shape index (κ3) is 2.21. The maximum atomic E-state index is 5.51. The molecule has 0 radical (unpaired) electrons. The Hall–Kier alpha value is -2.13. The lowest BCUT2D eigenvalue weighted by Crippen LogP contribution is -2.11. The molecule has 0 bridgehead atoms. The van der Waals surface area contributed by atoms with Gasteiger partial charge in [-0.3, -0.25) is 4.68 Å². The normalized spacial score (nSPS) is 11.2. The van der Waals surface area contributed by atoms with Crippen LogP contribution in [0.2, 0.25) is 0 Å². The molecule has 0 saturated carbocycles. The topological polar surface area (TPSA) is 99.5 Å². The summed E-state index contributed by atoms with van der Waals surface area (Å²) in [6.45, 7) is 0. The fourth-order valence-electron chi connectivity index (χ4n) is 1.86. The number of imidazole rings is 1. The predicted octanol–water partition coefficient (Wildman–Crippen LogP) is 0.675. The number of anilines is 1. The molecule has 0 unspecified atom stereocenters. The van der Waals surface area contributed by atoms with Crippen LogP contribution in [-0.4, -0.2) is 29.3 Å². The van der Waals surface area contributed by atoms with Crippen LogP contribution in [0.5, 0.6) is 0 Å². The Bertz CT molecular complexity index is 746. The standard InChI is InChI=1S/C11H14N8S/c1-18-4-3-13-11(18)20-6-8-15-9(17-12)7-5-14-19(2)10(7)16-8/h3-5H,6,12H2,1-2H3,(H,15,16,17). The number of thioether (sulfide) groups is 1. The monoisotopic (exact) mass is 290 g/mol. The van der Waals surface area contributed by atoms with E-state index in [2.05, 4.69) is 25.5 Å². The van der Waals surface area contributed by atoms with Gasteiger partial charge in [-0.2, -0.15) is 5.10 Å². The summed E-state index contributed by atoms with van der Waals surface area (Å²) >= 11 is 1.57. The molecule has 3 heterocycles. The molecule has 0 fully saturated rings. The van der Waals surface area contributed by atoms with Gasteiger partial charge >= 0.3 is 0 Å². The number of nitrogens with two attached hydrogens (primary N) is 1. The van der Waals surface area contributed by atoms with Gasteiger partial charge in [-0.05, 0) is 0 Å². The number of aryl methyl sites for hydroxylation is 2. The average molecular weight is 290 g/mol. The molecular weight excluding hydrogens is 276 g/mol. The number of nitrogens with one attached hydrogen (secondary N) is 1. The highest BCUT2D eigenvalue weighted by Gasteiger charge is 2.11. The Labute approximate surface area is 119 Å². The molecule has 9 heteroatoms. The van der Waals surface area contributed by atoms with E-state index in [9.17, 15) is 0 Å². The molecule has 0 saturated heterocycles. The molecule has 0 amide bonds. The van der Waals surface area contributed by atoms with Crippen molar-refractivity contribution < 1.29 is 0 Å². The number of hydrazine groups is 1. The van der Waals surface area contributed by atoms with Crippen LogP contribution in [0.3, 0.4) is 0 Å². The zero-order valence-electron chi connectivity index (χ0n) is 11.1. The molecule has 20 heavy (non-hydrogen) atoms. The number of aromatic nitrogens is 6. The average Bonchev–Trinajstić information content (AvgIpc) is 3.03. The van der Waals surface area contributed by atoms with Crippen molar-refractivity contribution in [2.75, 3.05) is 5.43 Å². The molecule has 3 aromatic heterocycles. The Balaban J connectivity index is 1.91. The van der Waals surface area contributed by atoms with Crippen LogP contribution in [0.25, 0.3) is 11.0 Å². The number of hydrogen-bond acceptors (Lipinski definition) is 7. The van der Waals surface area contributed by atoms with Gasteiger partial charge in [0, 0.05) is 26.5 Å². The van der Waals surface area contributed by atoms with Gasteiger partial charge in [-0.15, -0.1) is 0 Å². The fraction of sp³-hybridized carbons (Fsp3) is 0.273. The minimum Gasteiger partial charge on any atom is -0.329 e. The lowest BCUT2D eigenvalue weighted by molar-refractivity contribution is 0.780. The van der Waals surface area contributed by atoms with E-state index in [-0.39, 0.29) is 0 Å². The molecule has 0 spiro atoms. The van der Waals surface area contributed by atoms with Crippen LogP contribution in [0.1, 0.15) is 5.82 Å². The van der Waals surface area contributed by atoms with Crippen molar-refractivity contribution in [3.8, 4) is 0 Å². The van der Waals surface area contributed by atoms with Crippen molar-refractivity contribution in [3.63, 3.8) is 0 Å². The summed E-state index contributed by atoms with van der Waals surface area (Å²) in [5.74, 6) is 7.38. The summed E-state index contributed by atoms with van der Waals surface area (Å²) in [7, 11) is 3.79. The summed E-state index contributed by atoms with van der Waals surface area (Å²) in [6, 6.07) is 0. The summed E-state index contributed by atoms with van der Waals surface area (Å²) in [5, 5.41) is 5.89. The third-order valence-corrected chi connectivity index (χ3v) is 3.94. The van der Waals surface area contributed by atoms with E-state index in [4.69, 9.17) is 5.84 Å². The predicted molar refractivity (Wildman–Crippen MR) is 76.9 cm³/mol. The highest BCUT2D eigenvalue weighted by Crippen LogP contribution is 2.23. The minimum absolute atomic E-state index is 0.582. The van der Waals surface area contributed by atoms with Crippen LogP contribution < -0.4 is 11.3 Å². The number of rotatable bonds is 4. The van der Waals surface area contributed by atoms with Crippen molar-refractivity contribution in [2.24, 2.45) is 19.9 Å². The molecule has 8 nitrogen and oxygen atoms in total. The molecular formula is C11H14N8S. The lowest BCUT2D eigenvalue weighted by atomic mass is 10.4. The molecule has 3 N–H and O–H groups in total. The van der Waals surface area contributed by atoms with Gasteiger partial charge in [0.2, 0.25) is 0 Å². The highest BCUT2D eigenvalue weighted by atomic mass is 32.2. The van der Waals surface area contributed by atoms with Gasteiger partial charge in [0.25, 0.3) is 0 Å². The zero-order valence-corrected chi connectivity index (χ0v) is 11.9. The van der Waals surface area contributed by atoms with Crippen LogP contribution in [0.15, 0.2) is 23.7 Å². The summed E-state index contributed by atoms with van der Waals surface area (Å²) in [6.07, 6.45) is 5.36. The van der Waals surface area contributed by atoms with Gasteiger partial charge < -0.3 is 9.99 Å². The second-order valence-electron chi connectivity index (χ2n) is 4.25. The van der Waals surface area contributed by atoms with E-state index in [1.807, 2.05) is 24.9 Å². The van der Waals surface area contributed by atoms with E-state index in [0.29, 0.717) is 17.4 Å². The van der Waals surface area contributed by atoms with Crippen molar-refractivity contribution in [2.45, 2.75) is 10.9 Å². The fourth-order valence-corrected chi connectivity index (χ4v) is 2.65. The molecule has 3 aromatic rings.